The monoisotopic (exact) mass is 348 g/mol. The quantitative estimate of drug-likeness (QED) is 0.790. The van der Waals surface area contributed by atoms with E-state index in [2.05, 4.69) is 40.0 Å². The Morgan fingerprint density at radius 2 is 1.95 bits per heavy atom. The van der Waals surface area contributed by atoms with Crippen molar-refractivity contribution in [1.82, 2.24) is 10.2 Å². The van der Waals surface area contributed by atoms with Crippen LogP contribution in [-0.2, 0) is 6.42 Å². The molecule has 0 aliphatic heterocycles. The molecule has 20 heavy (non-hydrogen) atoms. The van der Waals surface area contributed by atoms with Gasteiger partial charge in [-0.3, -0.25) is 0 Å². The zero-order valence-electron chi connectivity index (χ0n) is 12.7. The van der Waals surface area contributed by atoms with Crippen LogP contribution in [0.3, 0.4) is 0 Å². The Kier molecular flexibility index (Phi) is 6.10. The van der Waals surface area contributed by atoms with Gasteiger partial charge in [-0.05, 0) is 69.0 Å². The van der Waals surface area contributed by atoms with Gasteiger partial charge in [0, 0.05) is 17.1 Å². The van der Waals surface area contributed by atoms with Crippen LogP contribution in [0.15, 0.2) is 16.6 Å². The van der Waals surface area contributed by atoms with Crippen molar-refractivity contribution < 1.29 is 8.78 Å². The van der Waals surface area contributed by atoms with Crippen LogP contribution >= 0.6 is 15.9 Å². The highest BCUT2D eigenvalue weighted by Gasteiger charge is 2.35. The fourth-order valence-corrected chi connectivity index (χ4v) is 2.84. The van der Waals surface area contributed by atoms with Crippen LogP contribution in [-0.4, -0.2) is 37.6 Å². The minimum Gasteiger partial charge on any atom is -0.315 e. The summed E-state index contributed by atoms with van der Waals surface area (Å²) in [5.41, 5.74) is -0.0593. The largest absolute Gasteiger partial charge is 0.315 e. The Labute approximate surface area is 128 Å². The van der Waals surface area contributed by atoms with Gasteiger partial charge < -0.3 is 10.2 Å². The van der Waals surface area contributed by atoms with Gasteiger partial charge in [-0.25, -0.2) is 8.78 Å². The van der Waals surface area contributed by atoms with E-state index >= 15 is 0 Å². The van der Waals surface area contributed by atoms with Crippen molar-refractivity contribution in [3.05, 3.63) is 33.8 Å². The third-order valence-corrected chi connectivity index (χ3v) is 5.00. The summed E-state index contributed by atoms with van der Waals surface area (Å²) >= 11 is 3.12. The molecule has 2 nitrogen and oxygen atoms in total. The number of nitrogens with zero attached hydrogens (tertiary/aromatic N) is 1. The summed E-state index contributed by atoms with van der Waals surface area (Å²) in [4.78, 5) is 2.10. The molecule has 0 saturated heterocycles. The minimum atomic E-state index is -0.512. The van der Waals surface area contributed by atoms with Gasteiger partial charge in [0.2, 0.25) is 0 Å². The standard InChI is InChI=1S/C15H23BrF2N2/c1-6-15(2,20(4)5)13(19-3)9-10-12(17)8-7-11(16)14(10)18/h7-8,13,19H,6,9H2,1-5H3. The number of hydrogen-bond donors (Lipinski definition) is 1. The number of halogens is 3. The van der Waals surface area contributed by atoms with E-state index in [0.29, 0.717) is 10.9 Å². The van der Waals surface area contributed by atoms with Crippen LogP contribution in [0.25, 0.3) is 0 Å². The van der Waals surface area contributed by atoms with Crippen molar-refractivity contribution in [3.8, 4) is 0 Å². The molecule has 0 spiro atoms. The van der Waals surface area contributed by atoms with E-state index < -0.39 is 11.6 Å². The highest BCUT2D eigenvalue weighted by atomic mass is 79.9. The Bertz CT molecular complexity index is 465. The van der Waals surface area contributed by atoms with Gasteiger partial charge in [-0.15, -0.1) is 0 Å². The van der Waals surface area contributed by atoms with Crippen LogP contribution < -0.4 is 5.32 Å². The van der Waals surface area contributed by atoms with E-state index in [4.69, 9.17) is 0 Å². The zero-order chi connectivity index (χ0) is 15.5. The molecule has 1 aromatic rings. The molecule has 0 heterocycles. The number of benzene rings is 1. The highest BCUT2D eigenvalue weighted by Crippen LogP contribution is 2.28. The molecule has 0 aliphatic rings. The summed E-state index contributed by atoms with van der Waals surface area (Å²) < 4.78 is 28.3. The third-order valence-electron chi connectivity index (χ3n) is 4.38. The molecular formula is C15H23BrF2N2. The van der Waals surface area contributed by atoms with Crippen LogP contribution in [0.5, 0.6) is 0 Å². The van der Waals surface area contributed by atoms with E-state index in [9.17, 15) is 8.78 Å². The molecule has 2 unspecified atom stereocenters. The molecule has 114 valence electrons. The molecule has 1 N–H and O–H groups in total. The van der Waals surface area contributed by atoms with E-state index in [1.165, 1.54) is 12.1 Å². The number of rotatable bonds is 6. The lowest BCUT2D eigenvalue weighted by molar-refractivity contribution is 0.115. The average Bonchev–Trinajstić information content (AvgIpc) is 2.42. The Balaban J connectivity index is 3.15. The maximum absolute atomic E-state index is 14.1. The Hall–Kier alpha value is -0.520. The normalized spacial score (nSPS) is 16.2. The molecule has 0 radical (unpaired) electrons. The second-order valence-electron chi connectivity index (χ2n) is 5.47. The molecule has 0 bridgehead atoms. The van der Waals surface area contributed by atoms with Gasteiger partial charge in [0.05, 0.1) is 4.47 Å². The van der Waals surface area contributed by atoms with Crippen molar-refractivity contribution in [3.63, 3.8) is 0 Å². The topological polar surface area (TPSA) is 15.3 Å². The smallest absolute Gasteiger partial charge is 0.143 e. The first-order valence-electron chi connectivity index (χ1n) is 6.75. The third kappa shape index (κ3) is 3.38. The van der Waals surface area contributed by atoms with Crippen molar-refractivity contribution in [2.45, 2.75) is 38.3 Å². The lowest BCUT2D eigenvalue weighted by atomic mass is 9.84. The average molecular weight is 349 g/mol. The summed E-state index contributed by atoms with van der Waals surface area (Å²) in [6.07, 6.45) is 1.18. The van der Waals surface area contributed by atoms with Crippen LogP contribution in [0.4, 0.5) is 8.78 Å². The van der Waals surface area contributed by atoms with Gasteiger partial charge in [0.25, 0.3) is 0 Å². The number of hydrogen-bond acceptors (Lipinski definition) is 2. The second-order valence-corrected chi connectivity index (χ2v) is 6.33. The molecule has 1 aromatic carbocycles. The van der Waals surface area contributed by atoms with Crippen LogP contribution in [0, 0.1) is 11.6 Å². The van der Waals surface area contributed by atoms with E-state index in [1.54, 1.807) is 0 Å². The summed E-state index contributed by atoms with van der Waals surface area (Å²) in [5, 5.41) is 3.21. The lowest BCUT2D eigenvalue weighted by Crippen LogP contribution is -2.57. The maximum atomic E-state index is 14.1. The van der Waals surface area contributed by atoms with Gasteiger partial charge in [-0.1, -0.05) is 6.92 Å². The molecule has 0 fully saturated rings. The molecule has 2 atom stereocenters. The molecule has 0 aromatic heterocycles. The molecular weight excluding hydrogens is 326 g/mol. The zero-order valence-corrected chi connectivity index (χ0v) is 14.3. The van der Waals surface area contributed by atoms with Gasteiger partial charge in [0.1, 0.15) is 11.6 Å². The van der Waals surface area contributed by atoms with Crippen molar-refractivity contribution in [1.29, 1.82) is 0 Å². The van der Waals surface area contributed by atoms with Crippen molar-refractivity contribution >= 4 is 15.9 Å². The first-order chi connectivity index (χ1) is 9.27. The summed E-state index contributed by atoms with van der Waals surface area (Å²) in [7, 11) is 5.80. The predicted octanol–water partition coefficient (Wildman–Crippen LogP) is 3.59. The van der Waals surface area contributed by atoms with Crippen LogP contribution in [0.2, 0.25) is 0 Å². The molecule has 5 heteroatoms. The number of likely N-dealkylation sites (N-methyl/N-ethyl adjacent to an activating group) is 2. The SMILES string of the molecule is CCC(C)(C(Cc1c(F)ccc(Br)c1F)NC)N(C)C. The maximum Gasteiger partial charge on any atom is 0.143 e. The molecule has 1 rings (SSSR count). The molecule has 0 amide bonds. The predicted molar refractivity (Wildman–Crippen MR) is 83.0 cm³/mol. The first kappa shape index (κ1) is 17.5. The van der Waals surface area contributed by atoms with Gasteiger partial charge >= 0.3 is 0 Å². The van der Waals surface area contributed by atoms with E-state index in [-0.39, 0.29) is 17.1 Å². The van der Waals surface area contributed by atoms with Crippen LogP contribution in [0.1, 0.15) is 25.8 Å². The van der Waals surface area contributed by atoms with Gasteiger partial charge in [-0.2, -0.15) is 0 Å². The van der Waals surface area contributed by atoms with Crippen molar-refractivity contribution in [2.24, 2.45) is 0 Å². The summed E-state index contributed by atoms with van der Waals surface area (Å²) in [5.74, 6) is -1.01. The van der Waals surface area contributed by atoms with Crippen molar-refractivity contribution in [2.75, 3.05) is 21.1 Å². The highest BCUT2D eigenvalue weighted by molar-refractivity contribution is 9.10. The van der Waals surface area contributed by atoms with E-state index in [1.807, 2.05) is 21.1 Å². The summed E-state index contributed by atoms with van der Waals surface area (Å²) in [6.45, 7) is 4.18. The lowest BCUT2D eigenvalue weighted by Gasteiger charge is -2.43. The second kappa shape index (κ2) is 6.96. The first-order valence-corrected chi connectivity index (χ1v) is 7.54. The summed E-state index contributed by atoms with van der Waals surface area (Å²) in [6, 6.07) is 2.64. The fourth-order valence-electron chi connectivity index (χ4n) is 2.47. The van der Waals surface area contributed by atoms with Gasteiger partial charge in [0.15, 0.2) is 0 Å². The van der Waals surface area contributed by atoms with E-state index in [0.717, 1.165) is 6.42 Å². The minimum absolute atomic E-state index is 0.0548. The Morgan fingerprint density at radius 1 is 1.35 bits per heavy atom. The molecule has 0 saturated carbocycles. The Morgan fingerprint density at radius 3 is 2.40 bits per heavy atom. The number of nitrogens with one attached hydrogen (secondary N) is 1. The molecule has 0 aliphatic carbocycles. The fraction of sp³-hybridized carbons (Fsp3) is 0.600.